The normalized spacial score (nSPS) is 20.6. The largest absolute Gasteiger partial charge is 0.414 e. The van der Waals surface area contributed by atoms with Crippen LogP contribution in [0.25, 0.3) is 11.0 Å². The molecule has 17 heteroatoms. The predicted octanol–water partition coefficient (Wildman–Crippen LogP) is 6.68. The molecule has 1 aromatic carbocycles. The van der Waals surface area contributed by atoms with E-state index in [-0.39, 0.29) is 25.3 Å². The quantitative estimate of drug-likeness (QED) is 0.113. The summed E-state index contributed by atoms with van der Waals surface area (Å²) >= 11 is 0. The zero-order valence-electron chi connectivity index (χ0n) is 29.5. The van der Waals surface area contributed by atoms with Gasteiger partial charge in [-0.05, 0) is 71.2 Å². The van der Waals surface area contributed by atoms with Crippen molar-refractivity contribution in [1.29, 1.82) is 0 Å². The van der Waals surface area contributed by atoms with Gasteiger partial charge in [-0.2, -0.15) is 13.2 Å². The van der Waals surface area contributed by atoms with Gasteiger partial charge in [-0.15, -0.1) is 0 Å². The van der Waals surface area contributed by atoms with Gasteiger partial charge in [0.1, 0.15) is 18.6 Å². The molecule has 10 nitrogen and oxygen atoms in total. The molecule has 0 unspecified atom stereocenters. The third-order valence-electron chi connectivity index (χ3n) is 8.37. The molecular weight excluding hydrogens is 690 g/mol. The molecule has 0 bridgehead atoms. The number of halogens is 5. The Bertz CT molecular complexity index is 1480. The van der Waals surface area contributed by atoms with Gasteiger partial charge in [-0.25, -0.2) is 27.5 Å². The van der Waals surface area contributed by atoms with Crippen molar-refractivity contribution in [2.24, 2.45) is 0 Å². The standard InChI is InChI=1S/C32H50F5N5O5SSi/c1-20(47-21(2)32(35,36)37)27(40-48(44)30(3,4)5)28-39-24-15-22(9-12-25(24)42(28)19-45-13-14-49(6,7)8)26(16-46-23-10-11-23)41-18-31(33,34)17-38-29(41)43/h9,12,15,20-21,23,26-27,40H,10-11,13-14,16-19H2,1-8H3,(H,38,43)/t20-,21+,26-,27+,48-/m1/s1. The topological polar surface area (TPSA) is 107 Å². The maximum atomic E-state index is 14.5. The highest BCUT2D eigenvalue weighted by molar-refractivity contribution is 7.84. The van der Waals surface area contributed by atoms with Crippen molar-refractivity contribution in [1.82, 2.24) is 24.5 Å². The highest BCUT2D eigenvalue weighted by Gasteiger charge is 2.43. The molecule has 0 spiro atoms. The van der Waals surface area contributed by atoms with E-state index in [9.17, 15) is 31.0 Å². The van der Waals surface area contributed by atoms with E-state index in [0.29, 0.717) is 23.2 Å². The summed E-state index contributed by atoms with van der Waals surface area (Å²) in [6.45, 7) is 13.1. The molecule has 1 aliphatic heterocycles. The number of nitrogens with zero attached hydrogens (tertiary/aromatic N) is 3. The monoisotopic (exact) mass is 739 g/mol. The fourth-order valence-corrected chi connectivity index (χ4v) is 6.81. The Morgan fingerprint density at radius 2 is 1.84 bits per heavy atom. The van der Waals surface area contributed by atoms with Crippen molar-refractivity contribution in [2.45, 2.75) is 127 Å². The van der Waals surface area contributed by atoms with Crippen molar-refractivity contribution in [3.63, 3.8) is 0 Å². The molecule has 2 fully saturated rings. The van der Waals surface area contributed by atoms with Crippen LogP contribution in [0, 0.1) is 0 Å². The van der Waals surface area contributed by atoms with Crippen molar-refractivity contribution in [3.8, 4) is 0 Å². The van der Waals surface area contributed by atoms with Crippen LogP contribution in [-0.2, 0) is 31.9 Å². The van der Waals surface area contributed by atoms with Gasteiger partial charge >= 0.3 is 12.2 Å². The van der Waals surface area contributed by atoms with E-state index in [1.54, 1.807) is 43.5 Å². The molecule has 49 heavy (non-hydrogen) atoms. The van der Waals surface area contributed by atoms with Crippen LogP contribution in [0.2, 0.25) is 25.7 Å². The first-order valence-electron chi connectivity index (χ1n) is 16.6. The van der Waals surface area contributed by atoms with E-state index in [1.165, 1.54) is 6.92 Å². The summed E-state index contributed by atoms with van der Waals surface area (Å²) in [6, 6.07) is 3.36. The summed E-state index contributed by atoms with van der Waals surface area (Å²) in [4.78, 5) is 18.8. The molecule has 2 N–H and O–H groups in total. The van der Waals surface area contributed by atoms with Gasteiger partial charge in [-0.3, -0.25) is 0 Å². The lowest BCUT2D eigenvalue weighted by Crippen LogP contribution is -2.58. The number of aromatic nitrogens is 2. The molecule has 2 aliphatic rings. The number of hydrogen-bond acceptors (Lipinski definition) is 6. The van der Waals surface area contributed by atoms with Gasteiger partial charge in [0.15, 0.2) is 6.10 Å². The number of carbonyl (C=O) groups is 1. The summed E-state index contributed by atoms with van der Waals surface area (Å²) in [5, 5.41) is 2.27. The first kappa shape index (κ1) is 39.6. The van der Waals surface area contributed by atoms with Crippen LogP contribution in [0.5, 0.6) is 0 Å². The van der Waals surface area contributed by atoms with Crippen molar-refractivity contribution < 1.29 is 45.2 Å². The minimum atomic E-state index is -4.63. The molecule has 2 aromatic rings. The molecule has 0 radical (unpaired) electrons. The van der Waals surface area contributed by atoms with E-state index < -0.39 is 79.3 Å². The molecule has 1 saturated heterocycles. The Labute approximate surface area is 288 Å². The third kappa shape index (κ3) is 10.9. The molecule has 2 heterocycles. The van der Waals surface area contributed by atoms with E-state index in [4.69, 9.17) is 19.2 Å². The van der Waals surface area contributed by atoms with Crippen molar-refractivity contribution in [2.75, 3.05) is 26.3 Å². The first-order chi connectivity index (χ1) is 22.6. The number of hydrogen-bond donors (Lipinski definition) is 2. The zero-order valence-corrected chi connectivity index (χ0v) is 31.3. The molecule has 2 amide bonds. The number of amides is 2. The highest BCUT2D eigenvalue weighted by Crippen LogP contribution is 2.35. The van der Waals surface area contributed by atoms with Gasteiger partial charge < -0.3 is 29.0 Å². The van der Waals surface area contributed by atoms with Crippen LogP contribution in [0.15, 0.2) is 18.2 Å². The summed E-state index contributed by atoms with van der Waals surface area (Å²) in [5.41, 5.74) is 1.42. The Morgan fingerprint density at radius 1 is 1.16 bits per heavy atom. The lowest BCUT2D eigenvalue weighted by atomic mass is 10.0. The third-order valence-corrected chi connectivity index (χ3v) is 11.7. The maximum Gasteiger partial charge on any atom is 0.414 e. The lowest BCUT2D eigenvalue weighted by molar-refractivity contribution is -0.227. The predicted molar refractivity (Wildman–Crippen MR) is 180 cm³/mol. The van der Waals surface area contributed by atoms with E-state index in [0.717, 1.165) is 30.7 Å². The number of imidazole rings is 1. The van der Waals surface area contributed by atoms with E-state index in [2.05, 4.69) is 29.7 Å². The van der Waals surface area contributed by atoms with Crippen molar-refractivity contribution in [3.05, 3.63) is 29.6 Å². The van der Waals surface area contributed by atoms with Crippen LogP contribution in [-0.4, -0.2) is 94.2 Å². The Balaban J connectivity index is 1.80. The fraction of sp³-hybridized carbons (Fsp3) is 0.750. The molecular formula is C32H50F5N5O5SSi. The van der Waals surface area contributed by atoms with Crippen LogP contribution >= 0.6 is 0 Å². The van der Waals surface area contributed by atoms with Crippen LogP contribution < -0.4 is 10.0 Å². The van der Waals surface area contributed by atoms with E-state index in [1.807, 2.05) is 0 Å². The Morgan fingerprint density at radius 3 is 2.43 bits per heavy atom. The number of alkyl halides is 5. The number of carbonyl (C=O) groups excluding carboxylic acids is 1. The number of ether oxygens (including phenoxy) is 3. The molecule has 278 valence electrons. The second-order valence-electron chi connectivity index (χ2n) is 15.2. The van der Waals surface area contributed by atoms with Crippen LogP contribution in [0.4, 0.5) is 26.7 Å². The second-order valence-corrected chi connectivity index (χ2v) is 22.8. The number of fused-ring (bicyclic) bond motifs is 1. The molecule has 4 rings (SSSR count). The summed E-state index contributed by atoms with van der Waals surface area (Å²) in [5.74, 6) is -2.92. The average molecular weight is 740 g/mol. The molecule has 1 aromatic heterocycles. The van der Waals surface area contributed by atoms with Crippen LogP contribution in [0.3, 0.4) is 0 Å². The van der Waals surface area contributed by atoms with Gasteiger partial charge in [0.25, 0.3) is 5.92 Å². The first-order valence-corrected chi connectivity index (χ1v) is 21.4. The Kier molecular flexibility index (Phi) is 12.3. The number of benzene rings is 1. The van der Waals surface area contributed by atoms with Crippen molar-refractivity contribution >= 4 is 36.1 Å². The van der Waals surface area contributed by atoms with Gasteiger partial charge in [0.2, 0.25) is 0 Å². The molecule has 1 saturated carbocycles. The fourth-order valence-electron chi connectivity index (χ4n) is 5.17. The average Bonchev–Trinajstić information content (AvgIpc) is 3.73. The summed E-state index contributed by atoms with van der Waals surface area (Å²) in [7, 11) is -3.20. The lowest BCUT2D eigenvalue weighted by Gasteiger charge is -2.38. The smallest absolute Gasteiger partial charge is 0.376 e. The van der Waals surface area contributed by atoms with E-state index >= 15 is 0 Å². The number of nitrogens with one attached hydrogen (secondary N) is 2. The van der Waals surface area contributed by atoms with Gasteiger partial charge in [0.05, 0.1) is 64.7 Å². The molecule has 5 atom stereocenters. The maximum absolute atomic E-state index is 14.5. The van der Waals surface area contributed by atoms with Crippen LogP contribution in [0.1, 0.15) is 70.9 Å². The number of rotatable bonds is 16. The zero-order chi connectivity index (χ0) is 36.5. The second kappa shape index (κ2) is 15.2. The van der Waals surface area contributed by atoms with Gasteiger partial charge in [-0.1, -0.05) is 25.7 Å². The summed E-state index contributed by atoms with van der Waals surface area (Å²) < 4.78 is 105. The minimum absolute atomic E-state index is 0.00481. The highest BCUT2D eigenvalue weighted by atomic mass is 32.2. The summed E-state index contributed by atoms with van der Waals surface area (Å²) in [6.07, 6.45) is -6.22. The van der Waals surface area contributed by atoms with Gasteiger partial charge in [0, 0.05) is 14.7 Å². The Hall–Kier alpha value is -2.18. The number of urea groups is 1. The molecule has 1 aliphatic carbocycles. The SMILES string of the molecule is C[C@H](O[C@H](C)[C@H](N[S@](=O)C(C)(C)C)c1nc2cc([C@@H](COC3CC3)N3CC(F)(F)CNC3=O)ccc2n1COCC[Si](C)(C)C)C(F)(F)F. The minimum Gasteiger partial charge on any atom is -0.376 e.